The van der Waals surface area contributed by atoms with Gasteiger partial charge in [0.1, 0.15) is 0 Å². The number of fused-ring (bicyclic) bond motifs is 1. The largest absolute Gasteiger partial charge is 0.333 e. The summed E-state index contributed by atoms with van der Waals surface area (Å²) in [5, 5.41) is 1.46. The van der Waals surface area contributed by atoms with Gasteiger partial charge in [0, 0.05) is 11.3 Å². The van der Waals surface area contributed by atoms with Crippen molar-refractivity contribution in [1.29, 1.82) is 0 Å². The molecule has 3 N–H and O–H groups in total. The summed E-state index contributed by atoms with van der Waals surface area (Å²) in [5.41, 5.74) is 8.82. The maximum atomic E-state index is 6.44. The van der Waals surface area contributed by atoms with Gasteiger partial charge in [-0.15, -0.1) is 0 Å². The van der Waals surface area contributed by atoms with Crippen LogP contribution in [0.1, 0.15) is 33.1 Å². The van der Waals surface area contributed by atoms with E-state index < -0.39 is 0 Å². The number of H-pyrrole nitrogens is 1. The van der Waals surface area contributed by atoms with Crippen LogP contribution in [0, 0.1) is 5.41 Å². The Bertz CT molecular complexity index is 543. The molecule has 0 saturated heterocycles. The molecule has 0 radical (unpaired) electrons. The van der Waals surface area contributed by atoms with Crippen LogP contribution in [0.3, 0.4) is 0 Å². The number of aromatic amines is 1. The molecule has 1 fully saturated rings. The molecule has 1 aromatic heterocycles. The van der Waals surface area contributed by atoms with Crippen LogP contribution >= 0.6 is 11.8 Å². The molecule has 0 aliphatic heterocycles. The van der Waals surface area contributed by atoms with Gasteiger partial charge in [-0.2, -0.15) is 0 Å². The minimum Gasteiger partial charge on any atom is -0.333 e. The lowest BCUT2D eigenvalue weighted by Gasteiger charge is -2.41. The highest BCUT2D eigenvalue weighted by atomic mass is 32.2. The van der Waals surface area contributed by atoms with Crippen molar-refractivity contribution in [3.8, 4) is 0 Å². The van der Waals surface area contributed by atoms with Crippen molar-refractivity contribution in [3.05, 3.63) is 24.3 Å². The van der Waals surface area contributed by atoms with E-state index in [2.05, 4.69) is 29.9 Å². The average Bonchev–Trinajstić information content (AvgIpc) is 2.77. The molecule has 2 atom stereocenters. The zero-order chi connectivity index (χ0) is 13.5. The summed E-state index contributed by atoms with van der Waals surface area (Å²) in [6, 6.07) is 8.40. The van der Waals surface area contributed by atoms with Gasteiger partial charge in [-0.3, -0.25) is 0 Å². The number of imidazole rings is 1. The standard InChI is InChI=1S/C15H21N3S/c1-15(2)9-5-8-12(13(15)16)19-14-17-10-6-3-4-7-11(10)18-14/h3-4,6-7,12-13H,5,8-9,16H2,1-2H3,(H,17,18). The van der Waals surface area contributed by atoms with Crippen molar-refractivity contribution in [2.45, 2.75) is 49.6 Å². The molecule has 0 spiro atoms. The minimum atomic E-state index is 0.236. The molecule has 19 heavy (non-hydrogen) atoms. The van der Waals surface area contributed by atoms with Gasteiger partial charge in [0.2, 0.25) is 0 Å². The van der Waals surface area contributed by atoms with Crippen LogP contribution in [-0.2, 0) is 0 Å². The summed E-state index contributed by atoms with van der Waals surface area (Å²) in [7, 11) is 0. The second kappa shape index (κ2) is 4.84. The van der Waals surface area contributed by atoms with Gasteiger partial charge in [-0.1, -0.05) is 44.2 Å². The molecule has 3 nitrogen and oxygen atoms in total. The summed E-state index contributed by atoms with van der Waals surface area (Å²) in [6.07, 6.45) is 3.68. The third kappa shape index (κ3) is 2.51. The van der Waals surface area contributed by atoms with Crippen molar-refractivity contribution in [3.63, 3.8) is 0 Å². The summed E-state index contributed by atoms with van der Waals surface area (Å²) >= 11 is 1.81. The molecule has 102 valence electrons. The Morgan fingerprint density at radius 3 is 2.95 bits per heavy atom. The van der Waals surface area contributed by atoms with Gasteiger partial charge in [-0.25, -0.2) is 4.98 Å². The molecule has 1 aliphatic carbocycles. The van der Waals surface area contributed by atoms with E-state index in [0.717, 1.165) is 16.2 Å². The number of nitrogens with zero attached hydrogens (tertiary/aromatic N) is 1. The van der Waals surface area contributed by atoms with Crippen LogP contribution in [0.25, 0.3) is 11.0 Å². The average molecular weight is 275 g/mol. The Morgan fingerprint density at radius 1 is 1.37 bits per heavy atom. The minimum absolute atomic E-state index is 0.236. The molecular formula is C15H21N3S. The molecule has 1 heterocycles. The highest BCUT2D eigenvalue weighted by Crippen LogP contribution is 2.41. The van der Waals surface area contributed by atoms with E-state index in [0.29, 0.717) is 5.25 Å². The number of benzene rings is 1. The smallest absolute Gasteiger partial charge is 0.166 e. The van der Waals surface area contributed by atoms with Crippen LogP contribution in [0.15, 0.2) is 29.4 Å². The molecular weight excluding hydrogens is 254 g/mol. The molecule has 0 amide bonds. The third-order valence-electron chi connectivity index (χ3n) is 4.24. The van der Waals surface area contributed by atoms with E-state index in [1.165, 1.54) is 19.3 Å². The molecule has 2 unspecified atom stereocenters. The first-order valence-corrected chi connectivity index (χ1v) is 7.81. The second-order valence-corrected chi connectivity index (χ2v) is 7.35. The fourth-order valence-corrected chi connectivity index (χ4v) is 4.28. The summed E-state index contributed by atoms with van der Waals surface area (Å²) in [6.45, 7) is 4.56. The van der Waals surface area contributed by atoms with E-state index in [1.807, 2.05) is 30.0 Å². The number of aromatic nitrogens is 2. The highest BCUT2D eigenvalue weighted by Gasteiger charge is 2.37. The normalized spacial score (nSPS) is 26.7. The van der Waals surface area contributed by atoms with Crippen molar-refractivity contribution in [2.24, 2.45) is 11.1 Å². The lowest BCUT2D eigenvalue weighted by molar-refractivity contribution is 0.208. The van der Waals surface area contributed by atoms with Gasteiger partial charge >= 0.3 is 0 Å². The maximum Gasteiger partial charge on any atom is 0.166 e. The van der Waals surface area contributed by atoms with E-state index in [9.17, 15) is 0 Å². The molecule has 1 saturated carbocycles. The Labute approximate surface area is 118 Å². The number of thioether (sulfide) groups is 1. The highest BCUT2D eigenvalue weighted by molar-refractivity contribution is 7.99. The van der Waals surface area contributed by atoms with Gasteiger partial charge in [-0.05, 0) is 30.4 Å². The first-order valence-electron chi connectivity index (χ1n) is 6.93. The Morgan fingerprint density at radius 2 is 2.16 bits per heavy atom. The number of rotatable bonds is 2. The SMILES string of the molecule is CC1(C)CCCC(Sc2nc3ccccc3[nH]2)C1N. The summed E-state index contributed by atoms with van der Waals surface area (Å²) in [4.78, 5) is 8.03. The molecule has 1 aromatic carbocycles. The lowest BCUT2D eigenvalue weighted by atomic mass is 9.73. The first-order chi connectivity index (χ1) is 9.06. The molecule has 2 aromatic rings. The zero-order valence-corrected chi connectivity index (χ0v) is 12.3. The number of para-hydroxylation sites is 2. The number of nitrogens with two attached hydrogens (primary N) is 1. The van der Waals surface area contributed by atoms with Crippen molar-refractivity contribution < 1.29 is 0 Å². The van der Waals surface area contributed by atoms with Crippen molar-refractivity contribution in [2.75, 3.05) is 0 Å². The molecule has 1 aliphatic rings. The van der Waals surface area contributed by atoms with E-state index in [1.54, 1.807) is 0 Å². The topological polar surface area (TPSA) is 54.7 Å². The molecule has 3 rings (SSSR count). The van der Waals surface area contributed by atoms with Gasteiger partial charge in [0.15, 0.2) is 5.16 Å². The van der Waals surface area contributed by atoms with Gasteiger partial charge in [0.25, 0.3) is 0 Å². The predicted octanol–water partition coefficient (Wildman–Crippen LogP) is 3.56. The third-order valence-corrected chi connectivity index (χ3v) is 5.49. The van der Waals surface area contributed by atoms with Crippen LogP contribution in [0.2, 0.25) is 0 Å². The summed E-state index contributed by atoms with van der Waals surface area (Å²) < 4.78 is 0. The van der Waals surface area contributed by atoms with Crippen molar-refractivity contribution in [1.82, 2.24) is 9.97 Å². The quantitative estimate of drug-likeness (QED) is 0.881. The van der Waals surface area contributed by atoms with Crippen LogP contribution in [0.5, 0.6) is 0 Å². The van der Waals surface area contributed by atoms with Crippen LogP contribution < -0.4 is 5.73 Å². The summed E-state index contributed by atoms with van der Waals surface area (Å²) in [5.74, 6) is 0. The fraction of sp³-hybridized carbons (Fsp3) is 0.533. The second-order valence-electron chi connectivity index (χ2n) is 6.12. The van der Waals surface area contributed by atoms with Crippen LogP contribution in [-0.4, -0.2) is 21.3 Å². The lowest BCUT2D eigenvalue weighted by Crippen LogP contribution is -2.48. The number of hydrogen-bond acceptors (Lipinski definition) is 3. The Kier molecular flexibility index (Phi) is 3.31. The van der Waals surface area contributed by atoms with E-state index in [-0.39, 0.29) is 11.5 Å². The zero-order valence-electron chi connectivity index (χ0n) is 11.5. The van der Waals surface area contributed by atoms with Crippen LogP contribution in [0.4, 0.5) is 0 Å². The fourth-order valence-electron chi connectivity index (χ4n) is 2.87. The molecule has 0 bridgehead atoms. The van der Waals surface area contributed by atoms with Gasteiger partial charge in [0.05, 0.1) is 11.0 Å². The van der Waals surface area contributed by atoms with E-state index in [4.69, 9.17) is 5.73 Å². The Balaban J connectivity index is 1.80. The first kappa shape index (κ1) is 13.0. The molecule has 4 heteroatoms. The predicted molar refractivity (Wildman–Crippen MR) is 81.3 cm³/mol. The maximum absolute atomic E-state index is 6.44. The number of hydrogen-bond donors (Lipinski definition) is 2. The monoisotopic (exact) mass is 275 g/mol. The van der Waals surface area contributed by atoms with E-state index >= 15 is 0 Å². The van der Waals surface area contributed by atoms with Gasteiger partial charge < -0.3 is 10.7 Å². The number of nitrogens with one attached hydrogen (secondary N) is 1. The Hall–Kier alpha value is -1.00. The van der Waals surface area contributed by atoms with Crippen molar-refractivity contribution >= 4 is 22.8 Å².